The molecule has 142 valence electrons. The van der Waals surface area contributed by atoms with Crippen LogP contribution in [0.2, 0.25) is 0 Å². The van der Waals surface area contributed by atoms with Crippen LogP contribution in [0.15, 0.2) is 66.9 Å². The normalized spacial score (nSPS) is 10.2. The quantitative estimate of drug-likeness (QED) is 0.690. The number of rotatable bonds is 6. The number of carbonyl (C=O) groups is 2. The molecular weight excluding hydrogens is 354 g/mol. The summed E-state index contributed by atoms with van der Waals surface area (Å²) in [6, 6.07) is 18.0. The van der Waals surface area contributed by atoms with Crippen LogP contribution in [0.4, 0.5) is 5.69 Å². The molecular formula is C22H21N3O3. The molecule has 0 saturated carbocycles. The molecule has 0 aliphatic rings. The lowest BCUT2D eigenvalue weighted by Gasteiger charge is -2.10. The number of nitrogens with zero attached hydrogens (tertiary/aromatic N) is 1. The van der Waals surface area contributed by atoms with Crippen molar-refractivity contribution in [1.29, 1.82) is 0 Å². The molecule has 3 aromatic rings. The number of nitrogens with one attached hydrogen (secondary N) is 2. The van der Waals surface area contributed by atoms with Crippen LogP contribution in [0.25, 0.3) is 0 Å². The van der Waals surface area contributed by atoms with Gasteiger partial charge >= 0.3 is 0 Å². The van der Waals surface area contributed by atoms with Gasteiger partial charge in [-0.05, 0) is 36.8 Å². The number of hydrogen-bond donors (Lipinski definition) is 2. The van der Waals surface area contributed by atoms with Gasteiger partial charge in [-0.2, -0.15) is 0 Å². The number of aryl methyl sites for hydroxylation is 1. The van der Waals surface area contributed by atoms with E-state index >= 15 is 0 Å². The van der Waals surface area contributed by atoms with Crippen molar-refractivity contribution in [3.8, 4) is 5.75 Å². The minimum absolute atomic E-state index is 0.180. The van der Waals surface area contributed by atoms with Gasteiger partial charge in [0.15, 0.2) is 0 Å². The third-order valence-corrected chi connectivity index (χ3v) is 4.18. The molecule has 0 bridgehead atoms. The van der Waals surface area contributed by atoms with E-state index in [0.29, 0.717) is 23.5 Å². The highest BCUT2D eigenvalue weighted by atomic mass is 16.5. The summed E-state index contributed by atoms with van der Waals surface area (Å²) in [5.74, 6) is -0.132. The number of carbonyl (C=O) groups excluding carboxylic acids is 2. The number of anilines is 1. The first-order valence-electron chi connectivity index (χ1n) is 8.81. The van der Waals surface area contributed by atoms with Crippen molar-refractivity contribution >= 4 is 17.5 Å². The molecule has 2 aromatic carbocycles. The maximum absolute atomic E-state index is 12.5. The Morgan fingerprint density at radius 3 is 2.50 bits per heavy atom. The number of aromatic nitrogens is 1. The fourth-order valence-corrected chi connectivity index (χ4v) is 2.62. The average molecular weight is 375 g/mol. The highest BCUT2D eigenvalue weighted by molar-refractivity contribution is 6.06. The van der Waals surface area contributed by atoms with Crippen molar-refractivity contribution < 1.29 is 14.3 Å². The molecule has 0 unspecified atom stereocenters. The highest BCUT2D eigenvalue weighted by Crippen LogP contribution is 2.23. The minimum Gasteiger partial charge on any atom is -0.495 e. The summed E-state index contributed by atoms with van der Waals surface area (Å²) in [5.41, 5.74) is 3.22. The molecule has 6 heteroatoms. The second kappa shape index (κ2) is 8.81. The maximum Gasteiger partial charge on any atom is 0.270 e. The van der Waals surface area contributed by atoms with Gasteiger partial charge in [0.05, 0.1) is 12.8 Å². The lowest BCUT2D eigenvalue weighted by atomic mass is 10.1. The summed E-state index contributed by atoms with van der Waals surface area (Å²) in [7, 11) is 1.54. The number of methoxy groups -OCH3 is 1. The second-order valence-corrected chi connectivity index (χ2v) is 6.25. The van der Waals surface area contributed by atoms with Crippen molar-refractivity contribution in [1.82, 2.24) is 10.3 Å². The van der Waals surface area contributed by atoms with Gasteiger partial charge in [-0.3, -0.25) is 14.6 Å². The zero-order valence-corrected chi connectivity index (χ0v) is 15.7. The van der Waals surface area contributed by atoms with Gasteiger partial charge in [-0.1, -0.05) is 42.0 Å². The Balaban J connectivity index is 1.68. The van der Waals surface area contributed by atoms with Crippen LogP contribution in [0.5, 0.6) is 5.75 Å². The van der Waals surface area contributed by atoms with Crippen molar-refractivity contribution in [2.45, 2.75) is 13.5 Å². The summed E-state index contributed by atoms with van der Waals surface area (Å²) in [4.78, 5) is 29.0. The van der Waals surface area contributed by atoms with E-state index in [2.05, 4.69) is 15.6 Å². The van der Waals surface area contributed by atoms with E-state index in [-0.39, 0.29) is 17.5 Å². The Morgan fingerprint density at radius 1 is 1.00 bits per heavy atom. The van der Waals surface area contributed by atoms with Gasteiger partial charge in [-0.15, -0.1) is 0 Å². The smallest absolute Gasteiger partial charge is 0.270 e. The van der Waals surface area contributed by atoms with Crippen molar-refractivity contribution in [3.05, 3.63) is 89.2 Å². The van der Waals surface area contributed by atoms with Crippen LogP contribution in [0.3, 0.4) is 0 Å². The molecule has 2 N–H and O–H groups in total. The van der Waals surface area contributed by atoms with Gasteiger partial charge < -0.3 is 15.4 Å². The summed E-state index contributed by atoms with van der Waals surface area (Å²) < 4.78 is 5.23. The molecule has 0 spiro atoms. The number of amides is 2. The molecule has 3 rings (SSSR count). The maximum atomic E-state index is 12.5. The molecule has 0 aliphatic heterocycles. The van der Waals surface area contributed by atoms with E-state index in [4.69, 9.17) is 4.74 Å². The number of para-hydroxylation sites is 2. The average Bonchev–Trinajstić information content (AvgIpc) is 2.73. The van der Waals surface area contributed by atoms with Crippen LogP contribution in [-0.4, -0.2) is 23.9 Å². The highest BCUT2D eigenvalue weighted by Gasteiger charge is 2.13. The predicted octanol–water partition coefficient (Wildman–Crippen LogP) is 3.58. The zero-order valence-electron chi connectivity index (χ0n) is 15.7. The first kappa shape index (κ1) is 19.1. The summed E-state index contributed by atoms with van der Waals surface area (Å²) >= 11 is 0. The molecule has 1 aromatic heterocycles. The molecule has 1 heterocycles. The van der Waals surface area contributed by atoms with Gasteiger partial charge in [0.2, 0.25) is 0 Å². The zero-order chi connectivity index (χ0) is 19.9. The fraction of sp³-hybridized carbons (Fsp3) is 0.136. The number of pyridine rings is 1. The second-order valence-electron chi connectivity index (χ2n) is 6.25. The third kappa shape index (κ3) is 4.73. The van der Waals surface area contributed by atoms with E-state index in [1.807, 2.05) is 37.3 Å². The monoisotopic (exact) mass is 375 g/mol. The third-order valence-electron chi connectivity index (χ3n) is 4.18. The Morgan fingerprint density at radius 2 is 1.75 bits per heavy atom. The van der Waals surface area contributed by atoms with E-state index < -0.39 is 0 Å². The van der Waals surface area contributed by atoms with Crippen molar-refractivity contribution in [2.75, 3.05) is 12.4 Å². The fourth-order valence-electron chi connectivity index (χ4n) is 2.62. The van der Waals surface area contributed by atoms with Gasteiger partial charge in [-0.25, -0.2) is 0 Å². The van der Waals surface area contributed by atoms with E-state index in [9.17, 15) is 9.59 Å². The molecule has 0 aliphatic carbocycles. The van der Waals surface area contributed by atoms with Crippen LogP contribution in [-0.2, 0) is 6.54 Å². The van der Waals surface area contributed by atoms with Crippen LogP contribution < -0.4 is 15.4 Å². The van der Waals surface area contributed by atoms with E-state index in [0.717, 1.165) is 11.1 Å². The standard InChI is InChI=1S/C22H21N3O3/c1-15-7-9-16(10-8-15)14-24-22(27)19-13-17(11-12-23-19)21(26)25-18-5-3-4-6-20(18)28-2/h3-13H,14H2,1-2H3,(H,24,27)(H,25,26). The number of benzene rings is 2. The SMILES string of the molecule is COc1ccccc1NC(=O)c1ccnc(C(=O)NCc2ccc(C)cc2)c1. The largest absolute Gasteiger partial charge is 0.495 e. The van der Waals surface area contributed by atoms with Crippen molar-refractivity contribution in [2.24, 2.45) is 0 Å². The molecule has 6 nitrogen and oxygen atoms in total. The molecule has 0 atom stereocenters. The topological polar surface area (TPSA) is 80.3 Å². The molecule has 0 fully saturated rings. The Bertz CT molecular complexity index is 984. The molecule has 2 amide bonds. The predicted molar refractivity (Wildman–Crippen MR) is 108 cm³/mol. The van der Waals surface area contributed by atoms with Gasteiger partial charge in [0.1, 0.15) is 11.4 Å². The number of ether oxygens (including phenoxy) is 1. The summed E-state index contributed by atoms with van der Waals surface area (Å²) in [5, 5.41) is 5.60. The molecule has 0 saturated heterocycles. The summed E-state index contributed by atoms with van der Waals surface area (Å²) in [6.45, 7) is 2.40. The van der Waals surface area contributed by atoms with Gasteiger partial charge in [0, 0.05) is 18.3 Å². The lowest BCUT2D eigenvalue weighted by Crippen LogP contribution is -2.24. The van der Waals surface area contributed by atoms with Crippen molar-refractivity contribution in [3.63, 3.8) is 0 Å². The van der Waals surface area contributed by atoms with E-state index in [1.54, 1.807) is 24.3 Å². The number of hydrogen-bond acceptors (Lipinski definition) is 4. The lowest BCUT2D eigenvalue weighted by molar-refractivity contribution is 0.0946. The first-order valence-corrected chi connectivity index (χ1v) is 8.81. The Labute approximate surface area is 163 Å². The minimum atomic E-state index is -0.348. The molecule has 28 heavy (non-hydrogen) atoms. The van der Waals surface area contributed by atoms with Gasteiger partial charge in [0.25, 0.3) is 11.8 Å². The van der Waals surface area contributed by atoms with E-state index in [1.165, 1.54) is 19.4 Å². The van der Waals surface area contributed by atoms with Crippen LogP contribution in [0, 0.1) is 6.92 Å². The Kier molecular flexibility index (Phi) is 6.01. The van der Waals surface area contributed by atoms with Crippen LogP contribution >= 0.6 is 0 Å². The first-order chi connectivity index (χ1) is 13.6. The molecule has 0 radical (unpaired) electrons. The summed E-state index contributed by atoms with van der Waals surface area (Å²) in [6.07, 6.45) is 1.44. The Hall–Kier alpha value is -3.67. The van der Waals surface area contributed by atoms with Crippen LogP contribution in [0.1, 0.15) is 32.0 Å².